The van der Waals surface area contributed by atoms with E-state index in [4.69, 9.17) is 10.2 Å². The van der Waals surface area contributed by atoms with Gasteiger partial charge in [-0.05, 0) is 6.92 Å². The van der Waals surface area contributed by atoms with E-state index in [1.54, 1.807) is 25.6 Å². The van der Waals surface area contributed by atoms with Gasteiger partial charge in [0.1, 0.15) is 5.75 Å². The lowest BCUT2D eigenvalue weighted by Crippen LogP contribution is -1.98. The largest absolute Gasteiger partial charge is 0.506 e. The fourth-order valence-electron chi connectivity index (χ4n) is 1.21. The first-order chi connectivity index (χ1) is 8.20. The lowest BCUT2D eigenvalue weighted by molar-refractivity contribution is 0.254. The third-order valence-corrected chi connectivity index (χ3v) is 2.16. The Morgan fingerprint density at radius 1 is 1.29 bits per heavy atom. The summed E-state index contributed by atoms with van der Waals surface area (Å²) in [5, 5.41) is 27.0. The van der Waals surface area contributed by atoms with Crippen LogP contribution in [0.1, 0.15) is 16.8 Å². The van der Waals surface area contributed by atoms with Gasteiger partial charge in [0.25, 0.3) is 0 Å². The van der Waals surface area contributed by atoms with E-state index in [2.05, 4.69) is 15.0 Å². The zero-order chi connectivity index (χ0) is 12.7. The van der Waals surface area contributed by atoms with Crippen LogP contribution in [0.2, 0.25) is 0 Å². The average molecular weight is 237 g/mol. The van der Waals surface area contributed by atoms with Crippen LogP contribution >= 0.6 is 0 Å². The van der Waals surface area contributed by atoms with Gasteiger partial charge in [-0.15, -0.1) is 0 Å². The standard InChI is InChI=1S/C8H11NO3.C3H4N2/c1-5-8(12)7(4-11)6(3-10)2-9-5;1-2-5-3-4-1/h2,10-12H,3-4H2,1H3;1-3H,(H,4,5). The minimum atomic E-state index is -0.287. The molecule has 0 atom stereocenters. The lowest BCUT2D eigenvalue weighted by Gasteiger charge is -2.07. The molecule has 0 spiro atoms. The number of aromatic amines is 1. The Balaban J connectivity index is 0.000000239. The van der Waals surface area contributed by atoms with Gasteiger partial charge in [0.15, 0.2) is 0 Å². The Hall–Kier alpha value is -1.92. The SMILES string of the molecule is Cc1ncc(CO)c(CO)c1O.c1c[nH]cn1. The number of nitrogens with one attached hydrogen (secondary N) is 1. The van der Waals surface area contributed by atoms with Crippen LogP contribution in [0.4, 0.5) is 0 Å². The van der Waals surface area contributed by atoms with Crippen LogP contribution in [-0.2, 0) is 13.2 Å². The number of aromatic hydroxyl groups is 1. The Bertz CT molecular complexity index is 426. The molecule has 0 aliphatic heterocycles. The number of rotatable bonds is 2. The zero-order valence-electron chi connectivity index (χ0n) is 9.46. The van der Waals surface area contributed by atoms with Crippen molar-refractivity contribution in [2.45, 2.75) is 20.1 Å². The molecule has 0 bridgehead atoms. The average Bonchev–Trinajstić information content (AvgIpc) is 2.91. The highest BCUT2D eigenvalue weighted by Gasteiger charge is 2.09. The van der Waals surface area contributed by atoms with Crippen molar-refractivity contribution in [2.75, 3.05) is 0 Å². The maximum absolute atomic E-state index is 9.38. The maximum Gasteiger partial charge on any atom is 0.142 e. The first-order valence-corrected chi connectivity index (χ1v) is 5.01. The molecule has 0 radical (unpaired) electrons. The van der Waals surface area contributed by atoms with E-state index in [-0.39, 0.29) is 19.0 Å². The first kappa shape index (κ1) is 13.1. The number of hydrogen-bond acceptors (Lipinski definition) is 5. The van der Waals surface area contributed by atoms with Crippen molar-refractivity contribution in [3.63, 3.8) is 0 Å². The fourth-order valence-corrected chi connectivity index (χ4v) is 1.21. The quantitative estimate of drug-likeness (QED) is 0.608. The van der Waals surface area contributed by atoms with Crippen molar-refractivity contribution in [2.24, 2.45) is 0 Å². The molecule has 0 unspecified atom stereocenters. The van der Waals surface area contributed by atoms with Gasteiger partial charge in [-0.1, -0.05) is 0 Å². The predicted molar refractivity (Wildman–Crippen MR) is 61.1 cm³/mol. The molecule has 0 amide bonds. The Labute approximate surface area is 98.6 Å². The van der Waals surface area contributed by atoms with Gasteiger partial charge in [0.05, 0.1) is 25.2 Å². The number of aliphatic hydroxyl groups is 2. The van der Waals surface area contributed by atoms with Crippen molar-refractivity contribution in [3.8, 4) is 5.75 Å². The van der Waals surface area contributed by atoms with Crippen LogP contribution in [-0.4, -0.2) is 30.3 Å². The van der Waals surface area contributed by atoms with E-state index < -0.39 is 0 Å². The van der Waals surface area contributed by atoms with Crippen LogP contribution < -0.4 is 0 Å². The molecule has 17 heavy (non-hydrogen) atoms. The molecule has 0 aliphatic carbocycles. The van der Waals surface area contributed by atoms with Crippen LogP contribution in [0.15, 0.2) is 24.9 Å². The van der Waals surface area contributed by atoms with E-state index in [9.17, 15) is 5.11 Å². The fraction of sp³-hybridized carbons (Fsp3) is 0.273. The molecule has 6 heteroatoms. The molecule has 2 aromatic rings. The van der Waals surface area contributed by atoms with E-state index in [0.717, 1.165) is 0 Å². The molecule has 0 aromatic carbocycles. The van der Waals surface area contributed by atoms with Crippen molar-refractivity contribution in [1.82, 2.24) is 15.0 Å². The summed E-state index contributed by atoms with van der Waals surface area (Å²) in [7, 11) is 0. The summed E-state index contributed by atoms with van der Waals surface area (Å²) >= 11 is 0. The number of H-pyrrole nitrogens is 1. The summed E-state index contributed by atoms with van der Waals surface area (Å²) in [5.41, 5.74) is 1.27. The summed E-state index contributed by atoms with van der Waals surface area (Å²) in [4.78, 5) is 10.3. The van der Waals surface area contributed by atoms with E-state index in [1.165, 1.54) is 6.20 Å². The smallest absolute Gasteiger partial charge is 0.142 e. The lowest BCUT2D eigenvalue weighted by atomic mass is 10.1. The number of hydrogen-bond donors (Lipinski definition) is 4. The molecule has 0 fully saturated rings. The van der Waals surface area contributed by atoms with Crippen LogP contribution in [0.25, 0.3) is 0 Å². The van der Waals surface area contributed by atoms with E-state index >= 15 is 0 Å². The third-order valence-electron chi connectivity index (χ3n) is 2.16. The van der Waals surface area contributed by atoms with Crippen LogP contribution in [0.3, 0.4) is 0 Å². The molecule has 2 rings (SSSR count). The Morgan fingerprint density at radius 3 is 2.47 bits per heavy atom. The normalized spacial score (nSPS) is 9.59. The van der Waals surface area contributed by atoms with Crippen molar-refractivity contribution in [1.29, 1.82) is 0 Å². The second-order valence-electron chi connectivity index (χ2n) is 3.27. The van der Waals surface area contributed by atoms with Crippen LogP contribution in [0.5, 0.6) is 5.75 Å². The molecule has 0 saturated carbocycles. The van der Waals surface area contributed by atoms with E-state index in [0.29, 0.717) is 16.8 Å². The van der Waals surface area contributed by atoms with E-state index in [1.807, 2.05) is 0 Å². The molecule has 0 saturated heterocycles. The summed E-state index contributed by atoms with van der Waals surface area (Å²) in [6.07, 6.45) is 6.53. The zero-order valence-corrected chi connectivity index (χ0v) is 9.46. The van der Waals surface area contributed by atoms with Gasteiger partial charge in [0.2, 0.25) is 0 Å². The number of imidazole rings is 1. The monoisotopic (exact) mass is 237 g/mol. The summed E-state index contributed by atoms with van der Waals surface area (Å²) in [6.45, 7) is 1.12. The molecule has 6 nitrogen and oxygen atoms in total. The highest BCUT2D eigenvalue weighted by Crippen LogP contribution is 2.23. The molecule has 92 valence electrons. The van der Waals surface area contributed by atoms with Gasteiger partial charge < -0.3 is 20.3 Å². The minimum absolute atomic E-state index is 0.0379. The van der Waals surface area contributed by atoms with Crippen molar-refractivity contribution >= 4 is 0 Å². The van der Waals surface area contributed by atoms with Gasteiger partial charge in [0, 0.05) is 29.7 Å². The molecular weight excluding hydrogens is 222 g/mol. The number of pyridine rings is 1. The predicted octanol–water partition coefficient (Wildman–Crippen LogP) is 0.490. The molecule has 0 aliphatic rings. The highest BCUT2D eigenvalue weighted by molar-refractivity contribution is 5.39. The number of aryl methyl sites for hydroxylation is 1. The second kappa shape index (κ2) is 6.62. The van der Waals surface area contributed by atoms with Crippen LogP contribution in [0, 0.1) is 6.92 Å². The van der Waals surface area contributed by atoms with Gasteiger partial charge >= 0.3 is 0 Å². The maximum atomic E-state index is 9.38. The van der Waals surface area contributed by atoms with Gasteiger partial charge in [-0.2, -0.15) is 0 Å². The third kappa shape index (κ3) is 3.54. The minimum Gasteiger partial charge on any atom is -0.506 e. The van der Waals surface area contributed by atoms with Crippen molar-refractivity contribution < 1.29 is 15.3 Å². The topological polar surface area (TPSA) is 102 Å². The summed E-state index contributed by atoms with van der Waals surface area (Å²) < 4.78 is 0. The molecule has 2 aromatic heterocycles. The Kier molecular flexibility index (Phi) is 5.12. The molecular formula is C11H15N3O3. The number of aromatic nitrogens is 3. The molecule has 2 heterocycles. The van der Waals surface area contributed by atoms with Crippen molar-refractivity contribution in [3.05, 3.63) is 41.7 Å². The Morgan fingerprint density at radius 2 is 2.06 bits per heavy atom. The summed E-state index contributed by atoms with van der Waals surface area (Å²) in [6, 6.07) is 0. The number of nitrogens with zero attached hydrogens (tertiary/aromatic N) is 2. The highest BCUT2D eigenvalue weighted by atomic mass is 16.3. The summed E-state index contributed by atoms with van der Waals surface area (Å²) in [5.74, 6) is -0.0379. The first-order valence-electron chi connectivity index (χ1n) is 5.01. The number of aliphatic hydroxyl groups excluding tert-OH is 2. The second-order valence-corrected chi connectivity index (χ2v) is 3.27. The molecule has 4 N–H and O–H groups in total. The van der Waals surface area contributed by atoms with Gasteiger partial charge in [-0.3, -0.25) is 4.98 Å². The van der Waals surface area contributed by atoms with Gasteiger partial charge in [-0.25, -0.2) is 4.98 Å².